The molecule has 31 heavy (non-hydrogen) atoms. The highest BCUT2D eigenvalue weighted by molar-refractivity contribution is 5.87. The van der Waals surface area contributed by atoms with Crippen LogP contribution in [0.15, 0.2) is 24.3 Å². The zero-order chi connectivity index (χ0) is 23.2. The van der Waals surface area contributed by atoms with Gasteiger partial charge in [-0.1, -0.05) is 12.1 Å². The molecule has 1 fully saturated rings. The maximum atomic E-state index is 12.6. The highest BCUT2D eigenvalue weighted by Crippen LogP contribution is 2.23. The molecule has 0 aliphatic carbocycles. The maximum Gasteiger partial charge on any atom is 0.573 e. The van der Waals surface area contributed by atoms with Crippen molar-refractivity contribution in [3.63, 3.8) is 0 Å². The second-order valence-corrected chi connectivity index (χ2v) is 7.51. The van der Waals surface area contributed by atoms with Gasteiger partial charge in [-0.05, 0) is 31.5 Å². The third-order valence-corrected chi connectivity index (χ3v) is 4.67. The van der Waals surface area contributed by atoms with Crippen LogP contribution in [-0.2, 0) is 25.7 Å². The van der Waals surface area contributed by atoms with Gasteiger partial charge in [0.15, 0.2) is 0 Å². The molecule has 1 atom stereocenters. The maximum absolute atomic E-state index is 12.6. The van der Waals surface area contributed by atoms with Gasteiger partial charge in [0.05, 0.1) is 19.3 Å². The van der Waals surface area contributed by atoms with Crippen LogP contribution in [0.3, 0.4) is 0 Å². The summed E-state index contributed by atoms with van der Waals surface area (Å²) >= 11 is 0. The number of benzene rings is 1. The number of hydrogen-bond donors (Lipinski definition) is 1. The lowest BCUT2D eigenvalue weighted by atomic mass is 10.2. The van der Waals surface area contributed by atoms with Crippen LogP contribution in [0.2, 0.25) is 0 Å². The zero-order valence-corrected chi connectivity index (χ0v) is 17.4. The Balaban J connectivity index is 2.04. The zero-order valence-electron chi connectivity index (χ0n) is 17.4. The van der Waals surface area contributed by atoms with Crippen molar-refractivity contribution in [1.82, 2.24) is 9.80 Å². The number of primary amides is 1. The monoisotopic (exact) mass is 445 g/mol. The quantitative estimate of drug-likeness (QED) is 0.658. The van der Waals surface area contributed by atoms with Gasteiger partial charge in [0.25, 0.3) is 0 Å². The van der Waals surface area contributed by atoms with E-state index in [9.17, 15) is 27.6 Å². The lowest BCUT2D eigenvalue weighted by molar-refractivity contribution is -0.274. The number of rotatable bonds is 8. The standard InChI is InChI=1S/C20H26F3N3O5/c1-13(2)26-10-16(9-25(11-19(26)29)18(28)8-7-17(24)27)30-12-14-3-5-15(6-4-14)31-20(21,22)23/h3-6,13,16H,7-12H2,1-2H3,(H2,24,27). The van der Waals surface area contributed by atoms with E-state index >= 15 is 0 Å². The minimum Gasteiger partial charge on any atom is -0.406 e. The van der Waals surface area contributed by atoms with Crippen molar-refractivity contribution < 1.29 is 37.0 Å². The molecule has 8 nitrogen and oxygen atoms in total. The van der Waals surface area contributed by atoms with Gasteiger partial charge in [-0.2, -0.15) is 0 Å². The summed E-state index contributed by atoms with van der Waals surface area (Å²) < 4.78 is 46.5. The van der Waals surface area contributed by atoms with E-state index in [-0.39, 0.29) is 62.7 Å². The Bertz CT molecular complexity index is 783. The lowest BCUT2D eigenvalue weighted by Gasteiger charge is -2.27. The SMILES string of the molecule is CC(C)N1CC(OCc2ccc(OC(F)(F)F)cc2)CN(C(=O)CCC(N)=O)CC1=O. The van der Waals surface area contributed by atoms with Gasteiger partial charge >= 0.3 is 6.36 Å². The number of carbonyl (C=O) groups is 3. The van der Waals surface area contributed by atoms with Crippen LogP contribution in [-0.4, -0.2) is 65.7 Å². The summed E-state index contributed by atoms with van der Waals surface area (Å²) in [6, 6.07) is 5.14. The fourth-order valence-electron chi connectivity index (χ4n) is 3.13. The van der Waals surface area contributed by atoms with Crippen LogP contribution < -0.4 is 10.5 Å². The first-order chi connectivity index (χ1) is 14.4. The molecule has 3 amide bonds. The van der Waals surface area contributed by atoms with E-state index in [0.717, 1.165) is 0 Å². The molecule has 1 unspecified atom stereocenters. The second-order valence-electron chi connectivity index (χ2n) is 7.51. The lowest BCUT2D eigenvalue weighted by Crippen LogP contribution is -2.42. The Labute approximate surface area is 178 Å². The second kappa shape index (κ2) is 10.5. The van der Waals surface area contributed by atoms with Gasteiger partial charge in [0.2, 0.25) is 17.7 Å². The molecule has 1 saturated heterocycles. The van der Waals surface area contributed by atoms with Gasteiger partial charge in [0, 0.05) is 32.0 Å². The summed E-state index contributed by atoms with van der Waals surface area (Å²) in [5.41, 5.74) is 5.70. The number of carbonyl (C=O) groups excluding carboxylic acids is 3. The molecule has 1 heterocycles. The molecule has 2 rings (SSSR count). The number of ether oxygens (including phenoxy) is 2. The molecule has 2 N–H and O–H groups in total. The normalized spacial score (nSPS) is 17.6. The molecular weight excluding hydrogens is 419 g/mol. The molecule has 172 valence electrons. The molecule has 11 heteroatoms. The van der Waals surface area contributed by atoms with Crippen molar-refractivity contribution >= 4 is 17.7 Å². The molecule has 0 radical (unpaired) electrons. The number of halogens is 3. The average molecular weight is 445 g/mol. The van der Waals surface area contributed by atoms with E-state index in [1.165, 1.54) is 29.2 Å². The predicted molar refractivity (Wildman–Crippen MR) is 104 cm³/mol. The molecule has 1 aliphatic heterocycles. The van der Waals surface area contributed by atoms with E-state index < -0.39 is 18.4 Å². The van der Waals surface area contributed by atoms with Crippen molar-refractivity contribution in [2.24, 2.45) is 5.73 Å². The predicted octanol–water partition coefficient (Wildman–Crippen LogP) is 1.82. The smallest absolute Gasteiger partial charge is 0.406 e. The summed E-state index contributed by atoms with van der Waals surface area (Å²) in [7, 11) is 0. The highest BCUT2D eigenvalue weighted by atomic mass is 19.4. The molecule has 0 spiro atoms. The minimum absolute atomic E-state index is 0.0698. The van der Waals surface area contributed by atoms with E-state index in [1.807, 2.05) is 13.8 Å². The van der Waals surface area contributed by atoms with Crippen LogP contribution in [0.25, 0.3) is 0 Å². The van der Waals surface area contributed by atoms with E-state index in [1.54, 1.807) is 4.90 Å². The molecule has 0 bridgehead atoms. The van der Waals surface area contributed by atoms with Gasteiger partial charge < -0.3 is 25.0 Å². The first kappa shape index (κ1) is 24.4. The molecular formula is C20H26F3N3O5. The number of amides is 3. The Morgan fingerprint density at radius 3 is 2.35 bits per heavy atom. The highest BCUT2D eigenvalue weighted by Gasteiger charge is 2.32. The topological polar surface area (TPSA) is 102 Å². The molecule has 1 aliphatic rings. The average Bonchev–Trinajstić information content (AvgIpc) is 2.83. The van der Waals surface area contributed by atoms with Gasteiger partial charge in [-0.3, -0.25) is 14.4 Å². The first-order valence-corrected chi connectivity index (χ1v) is 9.76. The summed E-state index contributed by atoms with van der Waals surface area (Å²) in [6.45, 7) is 4.03. The van der Waals surface area contributed by atoms with Gasteiger partial charge in [-0.15, -0.1) is 13.2 Å². The van der Waals surface area contributed by atoms with Crippen LogP contribution in [0, 0.1) is 0 Å². The largest absolute Gasteiger partial charge is 0.573 e. The van der Waals surface area contributed by atoms with Crippen LogP contribution >= 0.6 is 0 Å². The van der Waals surface area contributed by atoms with Crippen molar-refractivity contribution in [2.45, 2.75) is 51.8 Å². The van der Waals surface area contributed by atoms with E-state index in [4.69, 9.17) is 10.5 Å². The third-order valence-electron chi connectivity index (χ3n) is 4.67. The Morgan fingerprint density at radius 2 is 1.81 bits per heavy atom. The van der Waals surface area contributed by atoms with Crippen molar-refractivity contribution in [3.05, 3.63) is 29.8 Å². The van der Waals surface area contributed by atoms with Crippen molar-refractivity contribution in [2.75, 3.05) is 19.6 Å². The Kier molecular flexibility index (Phi) is 8.26. The molecule has 0 aromatic heterocycles. The van der Waals surface area contributed by atoms with Crippen molar-refractivity contribution in [1.29, 1.82) is 0 Å². The van der Waals surface area contributed by atoms with Gasteiger partial charge in [-0.25, -0.2) is 0 Å². The summed E-state index contributed by atoms with van der Waals surface area (Å²) in [4.78, 5) is 38.9. The van der Waals surface area contributed by atoms with Crippen LogP contribution in [0.1, 0.15) is 32.3 Å². The van der Waals surface area contributed by atoms with Crippen LogP contribution in [0.5, 0.6) is 5.75 Å². The summed E-state index contributed by atoms with van der Waals surface area (Å²) in [5.74, 6) is -1.56. The third kappa shape index (κ3) is 8.08. The van der Waals surface area contributed by atoms with E-state index in [2.05, 4.69) is 4.74 Å². The minimum atomic E-state index is -4.77. The first-order valence-electron chi connectivity index (χ1n) is 9.76. The van der Waals surface area contributed by atoms with Gasteiger partial charge in [0.1, 0.15) is 5.75 Å². The summed E-state index contributed by atoms with van der Waals surface area (Å²) in [5, 5.41) is 0. The number of hydrogen-bond acceptors (Lipinski definition) is 5. The number of alkyl halides is 3. The van der Waals surface area contributed by atoms with E-state index in [0.29, 0.717) is 5.56 Å². The molecule has 1 aromatic carbocycles. The Hall–Kier alpha value is -2.82. The molecule has 1 aromatic rings. The molecule has 0 saturated carbocycles. The van der Waals surface area contributed by atoms with Crippen molar-refractivity contribution in [3.8, 4) is 5.75 Å². The number of nitrogens with zero attached hydrogens (tertiary/aromatic N) is 2. The number of nitrogens with two attached hydrogens (primary N) is 1. The fourth-order valence-corrected chi connectivity index (χ4v) is 3.13. The van der Waals surface area contributed by atoms with Crippen LogP contribution in [0.4, 0.5) is 13.2 Å². The fraction of sp³-hybridized carbons (Fsp3) is 0.550. The Morgan fingerprint density at radius 1 is 1.16 bits per heavy atom. The summed E-state index contributed by atoms with van der Waals surface area (Å²) in [6.07, 6.45) is -5.50.